The van der Waals surface area contributed by atoms with Gasteiger partial charge in [-0.3, -0.25) is 0 Å². The summed E-state index contributed by atoms with van der Waals surface area (Å²) < 4.78 is 13.3. The molecule has 0 radical (unpaired) electrons. The number of halogens is 1. The van der Waals surface area contributed by atoms with Crippen molar-refractivity contribution in [3.05, 3.63) is 58.9 Å². The summed E-state index contributed by atoms with van der Waals surface area (Å²) in [4.78, 5) is 22.6. The third kappa shape index (κ3) is 2.51. The van der Waals surface area contributed by atoms with E-state index in [1.807, 2.05) is 0 Å². The molecule has 0 heterocycles. The first kappa shape index (κ1) is 13.7. The van der Waals surface area contributed by atoms with Crippen LogP contribution in [0.2, 0.25) is 0 Å². The zero-order valence-corrected chi connectivity index (χ0v) is 10.6. The second kappa shape index (κ2) is 5.13. The Morgan fingerprint density at radius 3 is 2.00 bits per heavy atom. The SMILES string of the molecule is Cc1cc(C(=O)O)c(-c2cccc(F)c2)c(C(=O)O)c1. The number of benzene rings is 2. The van der Waals surface area contributed by atoms with Gasteiger partial charge in [0, 0.05) is 5.56 Å². The maximum Gasteiger partial charge on any atom is 0.336 e. The normalized spacial score (nSPS) is 10.3. The molecule has 0 unspecified atom stereocenters. The Balaban J connectivity index is 2.84. The number of carboxylic acids is 2. The van der Waals surface area contributed by atoms with Crippen LogP contribution in [0.4, 0.5) is 4.39 Å². The maximum atomic E-state index is 13.3. The van der Waals surface area contributed by atoms with Crippen LogP contribution in [0.5, 0.6) is 0 Å². The number of aromatic carboxylic acids is 2. The van der Waals surface area contributed by atoms with Crippen molar-refractivity contribution in [2.45, 2.75) is 6.92 Å². The highest BCUT2D eigenvalue weighted by molar-refractivity contribution is 6.05. The van der Waals surface area contributed by atoms with E-state index in [4.69, 9.17) is 0 Å². The molecule has 2 rings (SSSR count). The molecule has 0 saturated heterocycles. The molecule has 0 saturated carbocycles. The van der Waals surface area contributed by atoms with Crippen molar-refractivity contribution in [3.8, 4) is 11.1 Å². The van der Waals surface area contributed by atoms with Gasteiger partial charge in [0.1, 0.15) is 5.82 Å². The summed E-state index contributed by atoms with van der Waals surface area (Å²) in [6.07, 6.45) is 0. The van der Waals surface area contributed by atoms with Gasteiger partial charge >= 0.3 is 11.9 Å². The predicted molar refractivity (Wildman–Crippen MR) is 70.5 cm³/mol. The molecule has 5 heteroatoms. The van der Waals surface area contributed by atoms with Gasteiger partial charge < -0.3 is 10.2 Å². The molecular weight excluding hydrogens is 263 g/mol. The predicted octanol–water partition coefficient (Wildman–Crippen LogP) is 3.20. The Bertz CT molecular complexity index is 672. The topological polar surface area (TPSA) is 74.6 Å². The molecule has 0 atom stereocenters. The highest BCUT2D eigenvalue weighted by atomic mass is 19.1. The zero-order chi connectivity index (χ0) is 14.9. The molecule has 0 amide bonds. The average Bonchev–Trinajstić information content (AvgIpc) is 2.37. The fourth-order valence-electron chi connectivity index (χ4n) is 2.08. The number of carboxylic acid groups (broad SMARTS) is 2. The van der Waals surface area contributed by atoms with Crippen LogP contribution in [0.25, 0.3) is 11.1 Å². The van der Waals surface area contributed by atoms with E-state index in [1.165, 1.54) is 30.3 Å². The van der Waals surface area contributed by atoms with Gasteiger partial charge in [-0.2, -0.15) is 0 Å². The van der Waals surface area contributed by atoms with Crippen LogP contribution in [0.3, 0.4) is 0 Å². The van der Waals surface area contributed by atoms with Gasteiger partial charge in [-0.15, -0.1) is 0 Å². The van der Waals surface area contributed by atoms with Crippen molar-refractivity contribution in [2.75, 3.05) is 0 Å². The van der Waals surface area contributed by atoms with Crippen LogP contribution in [0, 0.1) is 12.7 Å². The fraction of sp³-hybridized carbons (Fsp3) is 0.0667. The van der Waals surface area contributed by atoms with Crippen molar-refractivity contribution < 1.29 is 24.2 Å². The summed E-state index contributed by atoms with van der Waals surface area (Å²) in [5.41, 5.74) is 0.427. The maximum absolute atomic E-state index is 13.3. The quantitative estimate of drug-likeness (QED) is 0.901. The van der Waals surface area contributed by atoms with Crippen LogP contribution in [-0.2, 0) is 0 Å². The lowest BCUT2D eigenvalue weighted by molar-refractivity contribution is 0.0696. The van der Waals surface area contributed by atoms with Crippen LogP contribution in [-0.4, -0.2) is 22.2 Å². The first-order valence-corrected chi connectivity index (χ1v) is 5.77. The Morgan fingerprint density at radius 1 is 1.00 bits per heavy atom. The molecule has 0 bridgehead atoms. The number of hydrogen-bond acceptors (Lipinski definition) is 2. The van der Waals surface area contributed by atoms with E-state index in [0.717, 1.165) is 6.07 Å². The number of carbonyl (C=O) groups is 2. The van der Waals surface area contributed by atoms with E-state index < -0.39 is 17.8 Å². The van der Waals surface area contributed by atoms with E-state index in [2.05, 4.69) is 0 Å². The van der Waals surface area contributed by atoms with E-state index in [9.17, 15) is 24.2 Å². The molecule has 0 aromatic heterocycles. The van der Waals surface area contributed by atoms with Crippen LogP contribution in [0.1, 0.15) is 26.3 Å². The van der Waals surface area contributed by atoms with Gasteiger partial charge in [0.15, 0.2) is 0 Å². The Hall–Kier alpha value is -2.69. The lowest BCUT2D eigenvalue weighted by Gasteiger charge is -2.12. The van der Waals surface area contributed by atoms with Crippen LogP contribution < -0.4 is 0 Å². The minimum absolute atomic E-state index is 0.00935. The van der Waals surface area contributed by atoms with E-state index in [-0.39, 0.29) is 22.3 Å². The molecule has 0 aliphatic heterocycles. The summed E-state index contributed by atoms with van der Waals surface area (Å²) >= 11 is 0. The Labute approximate surface area is 114 Å². The molecule has 2 aromatic rings. The van der Waals surface area contributed by atoms with Gasteiger partial charge in [-0.05, 0) is 42.3 Å². The fourth-order valence-corrected chi connectivity index (χ4v) is 2.08. The van der Waals surface area contributed by atoms with Gasteiger partial charge in [0.05, 0.1) is 11.1 Å². The molecule has 2 N–H and O–H groups in total. The van der Waals surface area contributed by atoms with Crippen molar-refractivity contribution in [1.82, 2.24) is 0 Å². The Kier molecular flexibility index (Phi) is 3.52. The monoisotopic (exact) mass is 274 g/mol. The van der Waals surface area contributed by atoms with E-state index in [0.29, 0.717) is 5.56 Å². The smallest absolute Gasteiger partial charge is 0.336 e. The van der Waals surface area contributed by atoms with E-state index >= 15 is 0 Å². The van der Waals surface area contributed by atoms with Crippen molar-refractivity contribution >= 4 is 11.9 Å². The Morgan fingerprint density at radius 2 is 1.55 bits per heavy atom. The molecule has 0 spiro atoms. The van der Waals surface area contributed by atoms with Gasteiger partial charge in [0.2, 0.25) is 0 Å². The standard InChI is InChI=1S/C15H11FO4/c1-8-5-11(14(17)18)13(12(6-8)15(19)20)9-3-2-4-10(16)7-9/h2-7H,1H3,(H,17,18)(H,19,20). The highest BCUT2D eigenvalue weighted by Crippen LogP contribution is 2.30. The second-order valence-corrected chi connectivity index (χ2v) is 4.36. The van der Waals surface area contributed by atoms with Gasteiger partial charge in [-0.1, -0.05) is 12.1 Å². The average molecular weight is 274 g/mol. The molecule has 4 nitrogen and oxygen atoms in total. The molecule has 20 heavy (non-hydrogen) atoms. The minimum atomic E-state index is -1.25. The molecular formula is C15H11FO4. The summed E-state index contributed by atoms with van der Waals surface area (Å²) in [5.74, 6) is -3.07. The van der Waals surface area contributed by atoms with Crippen molar-refractivity contribution in [2.24, 2.45) is 0 Å². The lowest BCUT2D eigenvalue weighted by atomic mass is 9.92. The summed E-state index contributed by atoms with van der Waals surface area (Å²) in [7, 11) is 0. The molecule has 0 fully saturated rings. The largest absolute Gasteiger partial charge is 0.478 e. The molecule has 2 aromatic carbocycles. The van der Waals surface area contributed by atoms with E-state index in [1.54, 1.807) is 6.92 Å². The van der Waals surface area contributed by atoms with Gasteiger partial charge in [-0.25, -0.2) is 14.0 Å². The van der Waals surface area contributed by atoms with Crippen molar-refractivity contribution in [1.29, 1.82) is 0 Å². The molecule has 0 aliphatic rings. The molecule has 102 valence electrons. The first-order chi connectivity index (χ1) is 9.40. The summed E-state index contributed by atoms with van der Waals surface area (Å²) in [6, 6.07) is 7.94. The number of aryl methyl sites for hydroxylation is 1. The zero-order valence-electron chi connectivity index (χ0n) is 10.6. The van der Waals surface area contributed by atoms with Gasteiger partial charge in [0.25, 0.3) is 0 Å². The summed E-state index contributed by atoms with van der Waals surface area (Å²) in [6.45, 7) is 1.61. The third-order valence-electron chi connectivity index (χ3n) is 2.86. The second-order valence-electron chi connectivity index (χ2n) is 4.36. The first-order valence-electron chi connectivity index (χ1n) is 5.77. The van der Waals surface area contributed by atoms with Crippen LogP contribution >= 0.6 is 0 Å². The summed E-state index contributed by atoms with van der Waals surface area (Å²) in [5, 5.41) is 18.5. The third-order valence-corrected chi connectivity index (χ3v) is 2.86. The minimum Gasteiger partial charge on any atom is -0.478 e. The molecule has 0 aliphatic carbocycles. The number of rotatable bonds is 3. The van der Waals surface area contributed by atoms with Crippen LogP contribution in [0.15, 0.2) is 36.4 Å². The lowest BCUT2D eigenvalue weighted by Crippen LogP contribution is -2.08. The number of hydrogen-bond donors (Lipinski definition) is 2. The van der Waals surface area contributed by atoms with Crippen molar-refractivity contribution in [3.63, 3.8) is 0 Å². The highest BCUT2D eigenvalue weighted by Gasteiger charge is 2.21.